The summed E-state index contributed by atoms with van der Waals surface area (Å²) in [7, 11) is 0. The molecule has 0 saturated carbocycles. The minimum Gasteiger partial charge on any atom is -0.273 e. The normalized spacial score (nSPS) is 11.8. The lowest BCUT2D eigenvalue weighted by Crippen LogP contribution is -2.38. The summed E-state index contributed by atoms with van der Waals surface area (Å²) in [6.45, 7) is 4.55. The summed E-state index contributed by atoms with van der Waals surface area (Å²) in [4.78, 5) is 12.2. The monoisotopic (exact) mass is 289 g/mol. The number of para-hydroxylation sites is 1. The van der Waals surface area contributed by atoms with Crippen molar-refractivity contribution >= 4 is 23.2 Å². The number of halogens is 3. The van der Waals surface area contributed by atoms with Crippen molar-refractivity contribution in [2.24, 2.45) is 0 Å². The molecule has 0 bridgehead atoms. The van der Waals surface area contributed by atoms with Gasteiger partial charge in [0.25, 0.3) is 0 Å². The molecule has 0 radical (unpaired) electrons. The molecule has 0 aliphatic carbocycles. The van der Waals surface area contributed by atoms with Crippen LogP contribution in [0.25, 0.3) is 0 Å². The van der Waals surface area contributed by atoms with E-state index < -0.39 is 18.3 Å². The quantitative estimate of drug-likeness (QED) is 0.606. The molecule has 0 heterocycles. The van der Waals surface area contributed by atoms with Crippen molar-refractivity contribution in [2.45, 2.75) is 39.7 Å². The van der Waals surface area contributed by atoms with Gasteiger partial charge in [0.05, 0.1) is 5.69 Å². The third-order valence-corrected chi connectivity index (χ3v) is 3.09. The first-order chi connectivity index (χ1) is 8.70. The Morgan fingerprint density at radius 1 is 1.37 bits per heavy atom. The predicted octanol–water partition coefficient (Wildman–Crippen LogP) is 4.09. The van der Waals surface area contributed by atoms with Crippen LogP contribution in [0.4, 0.5) is 14.5 Å². The van der Waals surface area contributed by atoms with Gasteiger partial charge in [-0.25, -0.2) is 0 Å². The average Bonchev–Trinajstić information content (AvgIpc) is 2.29. The van der Waals surface area contributed by atoms with Crippen molar-refractivity contribution < 1.29 is 13.6 Å². The zero-order valence-corrected chi connectivity index (χ0v) is 12.3. The van der Waals surface area contributed by atoms with Crippen LogP contribution in [0, 0.1) is 6.92 Å². The molecule has 19 heavy (non-hydrogen) atoms. The van der Waals surface area contributed by atoms with Crippen molar-refractivity contribution in [3.63, 3.8) is 0 Å². The lowest BCUT2D eigenvalue weighted by Gasteiger charge is -2.30. The molecule has 1 rings (SSSR count). The molecule has 106 valence electrons. The van der Waals surface area contributed by atoms with Gasteiger partial charge in [0.15, 0.2) is 0 Å². The molecular formula is C14H18ClF2NO. The number of aryl methyl sites for hydroxylation is 1. The van der Waals surface area contributed by atoms with Crippen molar-refractivity contribution in [3.05, 3.63) is 29.3 Å². The molecule has 2 nitrogen and oxygen atoms in total. The number of carbonyl (C=O) groups is 1. The van der Waals surface area contributed by atoms with Gasteiger partial charge < -0.3 is 0 Å². The van der Waals surface area contributed by atoms with Crippen molar-refractivity contribution in [1.29, 1.82) is 0 Å². The Kier molecular flexibility index (Phi) is 4.91. The number of anilines is 1. The maximum atomic E-state index is 13.2. The molecule has 5 heteroatoms. The second-order valence-electron chi connectivity index (χ2n) is 5.40. The van der Waals surface area contributed by atoms with E-state index in [1.807, 2.05) is 20.8 Å². The average molecular weight is 290 g/mol. The molecule has 0 fully saturated rings. The third-order valence-electron chi connectivity index (χ3n) is 2.86. The van der Waals surface area contributed by atoms with E-state index in [-0.39, 0.29) is 11.1 Å². The smallest absolute Gasteiger partial charge is 0.273 e. The van der Waals surface area contributed by atoms with Crippen LogP contribution >= 0.6 is 11.6 Å². The maximum absolute atomic E-state index is 13.2. The number of amides is 1. The van der Waals surface area contributed by atoms with Crippen LogP contribution in [0.5, 0.6) is 0 Å². The SMILES string of the molecule is Cc1cccc(C(C)(C)C)c1N(C(=O)CCl)C(F)F. The zero-order valence-electron chi connectivity index (χ0n) is 11.5. The Hall–Kier alpha value is -1.16. The Labute approximate surface area is 117 Å². The summed E-state index contributed by atoms with van der Waals surface area (Å²) in [6.07, 6.45) is 0. The van der Waals surface area contributed by atoms with Crippen molar-refractivity contribution in [3.8, 4) is 0 Å². The first-order valence-corrected chi connectivity index (χ1v) is 6.50. The van der Waals surface area contributed by atoms with E-state index in [0.717, 1.165) is 0 Å². The van der Waals surface area contributed by atoms with E-state index >= 15 is 0 Å². The van der Waals surface area contributed by atoms with Gasteiger partial charge in [-0.1, -0.05) is 39.0 Å². The largest absolute Gasteiger partial charge is 0.321 e. The number of hydrogen-bond acceptors (Lipinski definition) is 1. The van der Waals surface area contributed by atoms with Gasteiger partial charge in [0, 0.05) is 0 Å². The number of carbonyl (C=O) groups excluding carboxylic acids is 1. The first-order valence-electron chi connectivity index (χ1n) is 5.96. The fourth-order valence-electron chi connectivity index (χ4n) is 1.98. The first kappa shape index (κ1) is 15.9. The highest BCUT2D eigenvalue weighted by Gasteiger charge is 2.30. The second-order valence-corrected chi connectivity index (χ2v) is 5.66. The van der Waals surface area contributed by atoms with E-state index in [1.165, 1.54) is 0 Å². The highest BCUT2D eigenvalue weighted by Crippen LogP contribution is 2.36. The fourth-order valence-corrected chi connectivity index (χ4v) is 2.11. The zero-order chi connectivity index (χ0) is 14.8. The maximum Gasteiger partial charge on any atom is 0.321 e. The van der Waals surface area contributed by atoms with E-state index in [1.54, 1.807) is 25.1 Å². The third kappa shape index (κ3) is 3.44. The van der Waals surface area contributed by atoms with Crippen LogP contribution in [-0.2, 0) is 10.2 Å². The van der Waals surface area contributed by atoms with Crippen LogP contribution in [-0.4, -0.2) is 18.3 Å². The summed E-state index contributed by atoms with van der Waals surface area (Å²) in [6, 6.07) is 5.27. The molecule has 0 aromatic heterocycles. The molecule has 0 aliphatic rings. The van der Waals surface area contributed by atoms with E-state index in [0.29, 0.717) is 16.0 Å². The summed E-state index contributed by atoms with van der Waals surface area (Å²) < 4.78 is 26.4. The molecule has 1 aromatic rings. The van der Waals surface area contributed by atoms with Crippen molar-refractivity contribution in [2.75, 3.05) is 10.8 Å². The Morgan fingerprint density at radius 2 is 1.95 bits per heavy atom. The molecular weight excluding hydrogens is 272 g/mol. The lowest BCUT2D eigenvalue weighted by molar-refractivity contribution is -0.118. The van der Waals surface area contributed by atoms with Gasteiger partial charge in [-0.3, -0.25) is 9.69 Å². The highest BCUT2D eigenvalue weighted by atomic mass is 35.5. The van der Waals surface area contributed by atoms with Crippen LogP contribution in [0.3, 0.4) is 0 Å². The van der Waals surface area contributed by atoms with Gasteiger partial charge in [-0.15, -0.1) is 11.6 Å². The van der Waals surface area contributed by atoms with E-state index in [4.69, 9.17) is 11.6 Å². The fraction of sp³-hybridized carbons (Fsp3) is 0.500. The topological polar surface area (TPSA) is 20.3 Å². The van der Waals surface area contributed by atoms with Gasteiger partial charge in [0.1, 0.15) is 5.88 Å². The van der Waals surface area contributed by atoms with E-state index in [9.17, 15) is 13.6 Å². The lowest BCUT2D eigenvalue weighted by atomic mass is 9.84. The number of alkyl halides is 3. The van der Waals surface area contributed by atoms with Crippen LogP contribution < -0.4 is 4.90 Å². The van der Waals surface area contributed by atoms with Crippen LogP contribution in [0.1, 0.15) is 31.9 Å². The van der Waals surface area contributed by atoms with Gasteiger partial charge >= 0.3 is 6.55 Å². The van der Waals surface area contributed by atoms with Gasteiger partial charge in [-0.05, 0) is 23.5 Å². The predicted molar refractivity (Wildman–Crippen MR) is 74.1 cm³/mol. The Bertz CT molecular complexity index is 469. The molecule has 0 atom stereocenters. The molecule has 1 aromatic carbocycles. The summed E-state index contributed by atoms with van der Waals surface area (Å²) in [5.41, 5.74) is 1.24. The van der Waals surface area contributed by atoms with E-state index in [2.05, 4.69) is 0 Å². The molecule has 0 spiro atoms. The Balaban J connectivity index is 3.50. The number of nitrogens with zero attached hydrogens (tertiary/aromatic N) is 1. The number of benzene rings is 1. The summed E-state index contributed by atoms with van der Waals surface area (Å²) in [5.74, 6) is -1.26. The summed E-state index contributed by atoms with van der Waals surface area (Å²) >= 11 is 5.44. The minimum absolute atomic E-state index is 0.260. The number of hydrogen-bond donors (Lipinski definition) is 0. The standard InChI is InChI=1S/C14H18ClF2NO/c1-9-6-5-7-10(14(2,3)4)12(9)18(13(16)17)11(19)8-15/h5-7,13H,8H2,1-4H3. The summed E-state index contributed by atoms with van der Waals surface area (Å²) in [5, 5.41) is 0. The molecule has 0 aliphatic heterocycles. The molecule has 0 N–H and O–H groups in total. The molecule has 0 unspecified atom stereocenters. The highest BCUT2D eigenvalue weighted by molar-refractivity contribution is 6.29. The van der Waals surface area contributed by atoms with Crippen LogP contribution in [0.15, 0.2) is 18.2 Å². The van der Waals surface area contributed by atoms with Crippen molar-refractivity contribution in [1.82, 2.24) is 0 Å². The van der Waals surface area contributed by atoms with Crippen LogP contribution in [0.2, 0.25) is 0 Å². The van der Waals surface area contributed by atoms with Gasteiger partial charge in [0.2, 0.25) is 5.91 Å². The molecule has 1 amide bonds. The minimum atomic E-state index is -2.91. The number of rotatable bonds is 3. The van der Waals surface area contributed by atoms with Gasteiger partial charge in [-0.2, -0.15) is 8.78 Å². The molecule has 0 saturated heterocycles. The Morgan fingerprint density at radius 3 is 2.37 bits per heavy atom. The second kappa shape index (κ2) is 5.87.